The maximum absolute atomic E-state index is 15.0. The molecule has 0 aliphatic carbocycles. The maximum atomic E-state index is 15.0. The van der Waals surface area contributed by atoms with Gasteiger partial charge in [0.1, 0.15) is 11.9 Å². The summed E-state index contributed by atoms with van der Waals surface area (Å²) in [6.45, 7) is 57.4. The van der Waals surface area contributed by atoms with Gasteiger partial charge >= 0.3 is 18.9 Å². The molecule has 0 amide bonds. The number of para-hydroxylation sites is 4. The summed E-state index contributed by atoms with van der Waals surface area (Å²) in [5.74, 6) is 0.982. The number of rotatable bonds is 12. The third kappa shape index (κ3) is 17.3. The third-order valence-electron chi connectivity index (χ3n) is 13.2. The Kier molecular flexibility index (Phi) is 25.8. The molecule has 6 aromatic rings. The molecule has 0 fully saturated rings. The molecule has 2 aromatic heterocycles. The number of nitrogens with zero attached hydrogens (tertiary/aromatic N) is 4. The zero-order valence-corrected chi connectivity index (χ0v) is 57.3. The molecule has 4 aromatic carbocycles. The number of aromatic nitrogens is 4. The number of benzene rings is 4. The first-order chi connectivity index (χ1) is 35.1. The van der Waals surface area contributed by atoms with Gasteiger partial charge in [0.2, 0.25) is 0 Å². The fraction of sp³-hybridized carbons (Fsp3) is 0.578. The molecule has 2 heterocycles. The Balaban J connectivity index is 0.000000434. The van der Waals surface area contributed by atoms with Gasteiger partial charge in [-0.1, -0.05) is 239 Å². The molecule has 0 bridgehead atoms. The Morgan fingerprint density at radius 3 is 1.17 bits per heavy atom. The van der Waals surface area contributed by atoms with E-state index < -0.39 is 35.2 Å². The van der Waals surface area contributed by atoms with E-state index in [-0.39, 0.29) is 63.2 Å². The molecular weight excluding hydrogens is 1060 g/mol. The summed E-state index contributed by atoms with van der Waals surface area (Å²) in [6.07, 6.45) is 3.70. The van der Waals surface area contributed by atoms with Crippen molar-refractivity contribution in [3.63, 3.8) is 0 Å². The van der Waals surface area contributed by atoms with E-state index in [4.69, 9.17) is 16.2 Å². The molecule has 0 spiro atoms. The number of hydrogen-bond donors (Lipinski definition) is 0. The molecular formula is C64H100ClLiN4O4P2S2. The molecule has 0 saturated carbocycles. The molecule has 0 aliphatic rings. The van der Waals surface area contributed by atoms with Crippen LogP contribution in [0.2, 0.25) is 0 Å². The van der Waals surface area contributed by atoms with Gasteiger partial charge in [-0.3, -0.25) is 0 Å². The Bertz CT molecular complexity index is 3040. The van der Waals surface area contributed by atoms with Crippen LogP contribution in [0, 0.1) is 6.92 Å². The van der Waals surface area contributed by atoms with Crippen LogP contribution in [0.25, 0.3) is 22.1 Å². The van der Waals surface area contributed by atoms with Crippen LogP contribution < -0.4 is 24.4 Å². The van der Waals surface area contributed by atoms with Crippen LogP contribution in [-0.2, 0) is 20.0 Å². The van der Waals surface area contributed by atoms with E-state index in [1.54, 1.807) is 10.0 Å². The Morgan fingerprint density at radius 2 is 0.859 bits per heavy atom. The van der Waals surface area contributed by atoms with E-state index in [9.17, 15) is 16.8 Å². The number of halogens is 1. The fourth-order valence-corrected chi connectivity index (χ4v) is 20.0. The summed E-state index contributed by atoms with van der Waals surface area (Å²) in [5.41, 5.74) is 9.26. The molecule has 0 radical (unpaired) electrons. The summed E-state index contributed by atoms with van der Waals surface area (Å²) in [7, 11) is -9.05. The van der Waals surface area contributed by atoms with Crippen molar-refractivity contribution < 1.29 is 35.7 Å². The van der Waals surface area contributed by atoms with Crippen LogP contribution in [0.1, 0.15) is 255 Å². The van der Waals surface area contributed by atoms with Gasteiger partial charge < -0.3 is 6.92 Å². The number of hydrogen-bond acceptors (Lipinski definition) is 6. The second-order valence-corrected chi connectivity index (χ2v) is 37.8. The summed E-state index contributed by atoms with van der Waals surface area (Å²) in [5, 5.41) is 0.279. The van der Waals surface area contributed by atoms with Crippen LogP contribution in [0.5, 0.6) is 0 Å². The molecule has 6 rings (SSSR count). The summed E-state index contributed by atoms with van der Waals surface area (Å²) >= 11 is 6.30. The molecule has 0 atom stereocenters. The minimum atomic E-state index is -3.94. The molecule has 78 heavy (non-hydrogen) atoms. The molecule has 0 aliphatic heterocycles. The van der Waals surface area contributed by atoms with Gasteiger partial charge in [0.15, 0.2) is 0 Å². The van der Waals surface area contributed by atoms with Gasteiger partial charge in [-0.15, -0.1) is 0 Å². The van der Waals surface area contributed by atoms with Crippen molar-refractivity contribution in [2.24, 2.45) is 0 Å². The molecule has 8 nitrogen and oxygen atoms in total. The SMILES string of the molecule is CC(C)(C)P(Cl)C(C)(C)C.CC(C)c1cc(C(C)C)c(S(=O)(=O)n2c(P(C(C)(C)C)C(C)(C)C)nc3ccccc32)c(C(C)C)c1.CC(C)c1cc(C(C)C)c(S(=O)(=O)n2cnc3ccccc32)c(C(C)C)c1.[CH2-]CCC.[Li+]. The molecule has 0 unspecified atom stereocenters. The minimum Gasteiger partial charge on any atom is -0.343 e. The standard InChI is InChI=1S/C30H45N2O2PS.C22H28N2O2S.C8H18ClP.C4H9.Li/c1-19(2)22-17-23(20(3)4)27(24(18-22)21(5)6)36(33,34)32-26-16-14-13-15-25(26)31-28(32)35(29(7,8)9)30(10,11)12;1-14(2)17-11-18(15(3)4)22(19(12-17)16(5)6)27(25,26)24-13-23-20-9-7-8-10-21(20)24;1-7(2,3)10(9)8(4,5)6;1-3-4-2;/h13-21H,1-12H3;7-16H,1-6H3;1-6H3;1,3-4H2,2H3;/q;;;-1;+1. The number of imidazole rings is 2. The van der Waals surface area contributed by atoms with Crippen LogP contribution in [0.3, 0.4) is 0 Å². The second-order valence-electron chi connectivity index (χ2n) is 26.3. The second kappa shape index (κ2) is 28.2. The van der Waals surface area contributed by atoms with Gasteiger partial charge in [-0.2, -0.15) is 6.42 Å². The third-order valence-corrected chi connectivity index (χ3v) is 25.7. The molecule has 14 heteroatoms. The van der Waals surface area contributed by atoms with E-state index in [2.05, 4.69) is 209 Å². The zero-order chi connectivity index (χ0) is 59.3. The van der Waals surface area contributed by atoms with Crippen molar-refractivity contribution in [2.45, 2.75) is 252 Å². The minimum absolute atomic E-state index is 0. The zero-order valence-electron chi connectivity index (χ0n) is 53.1. The van der Waals surface area contributed by atoms with Crippen molar-refractivity contribution in [2.75, 3.05) is 0 Å². The summed E-state index contributed by atoms with van der Waals surface area (Å²) in [4.78, 5) is 10.2. The van der Waals surface area contributed by atoms with Crippen molar-refractivity contribution in [3.05, 3.63) is 119 Å². The first kappa shape index (κ1) is 71.6. The van der Waals surface area contributed by atoms with Gasteiger partial charge in [0.05, 0.1) is 31.9 Å². The van der Waals surface area contributed by atoms with E-state index >= 15 is 0 Å². The Labute approximate surface area is 495 Å². The quantitative estimate of drug-likeness (QED) is 0.0687. The van der Waals surface area contributed by atoms with E-state index in [0.717, 1.165) is 34.2 Å². The normalized spacial score (nSPS) is 12.9. The van der Waals surface area contributed by atoms with Gasteiger partial charge in [-0.25, -0.2) is 34.7 Å². The molecule has 0 N–H and O–H groups in total. The van der Waals surface area contributed by atoms with Gasteiger partial charge in [0, 0.05) is 7.27 Å². The van der Waals surface area contributed by atoms with Crippen molar-refractivity contribution in [3.8, 4) is 0 Å². The average molecular weight is 1160 g/mol. The topological polar surface area (TPSA) is 104 Å². The monoisotopic (exact) mass is 1160 g/mol. The fourth-order valence-electron chi connectivity index (χ4n) is 9.67. The van der Waals surface area contributed by atoms with Crippen LogP contribution in [0.4, 0.5) is 0 Å². The van der Waals surface area contributed by atoms with Crippen LogP contribution >= 0.6 is 26.4 Å². The predicted octanol–water partition coefficient (Wildman–Crippen LogP) is 16.8. The van der Waals surface area contributed by atoms with Crippen LogP contribution in [0.15, 0.2) is 88.9 Å². The molecule has 0 saturated heterocycles. The first-order valence-electron chi connectivity index (χ1n) is 27.9. The van der Waals surface area contributed by atoms with E-state index in [1.165, 1.54) is 27.8 Å². The van der Waals surface area contributed by atoms with E-state index in [0.29, 0.717) is 43.7 Å². The number of fused-ring (bicyclic) bond motifs is 2. The average Bonchev–Trinajstić information content (AvgIpc) is 3.92. The largest absolute Gasteiger partial charge is 1.00 e. The summed E-state index contributed by atoms with van der Waals surface area (Å²) in [6, 6.07) is 23.4. The molecule has 430 valence electrons. The van der Waals surface area contributed by atoms with E-state index in [1.807, 2.05) is 42.5 Å². The smallest absolute Gasteiger partial charge is 0.343 e. The van der Waals surface area contributed by atoms with Crippen LogP contribution in [-0.4, -0.2) is 55.4 Å². The predicted molar refractivity (Wildman–Crippen MR) is 341 cm³/mol. The van der Waals surface area contributed by atoms with Crippen molar-refractivity contribution in [1.82, 2.24) is 17.9 Å². The van der Waals surface area contributed by atoms with Gasteiger partial charge in [0.25, 0.3) is 20.0 Å². The van der Waals surface area contributed by atoms with Gasteiger partial charge in [-0.05, 0) is 122 Å². The summed E-state index contributed by atoms with van der Waals surface area (Å²) < 4.78 is 60.4. The first-order valence-corrected chi connectivity index (χ1v) is 34.4. The Hall–Kier alpha value is -2.53. The maximum Gasteiger partial charge on any atom is 1.00 e. The Morgan fingerprint density at radius 1 is 0.526 bits per heavy atom. The van der Waals surface area contributed by atoms with Crippen molar-refractivity contribution >= 4 is 74.1 Å². The van der Waals surface area contributed by atoms with Crippen molar-refractivity contribution in [1.29, 1.82) is 0 Å². The number of unbranched alkanes of at least 4 members (excludes halogenated alkanes) is 1.